The summed E-state index contributed by atoms with van der Waals surface area (Å²) in [4.78, 5) is 82.0. The maximum absolute atomic E-state index is 13.7. The van der Waals surface area contributed by atoms with E-state index in [1.165, 1.54) is 0 Å². The molecule has 0 saturated carbocycles. The van der Waals surface area contributed by atoms with Gasteiger partial charge < -0.3 is 56.8 Å². The van der Waals surface area contributed by atoms with E-state index in [2.05, 4.69) is 0 Å². The van der Waals surface area contributed by atoms with Crippen molar-refractivity contribution in [2.45, 2.75) is 157 Å². The first kappa shape index (κ1) is 59.8. The zero-order valence-corrected chi connectivity index (χ0v) is 40.6. The number of benzene rings is 1. The predicted molar refractivity (Wildman–Crippen MR) is 242 cm³/mol. The van der Waals surface area contributed by atoms with Crippen LogP contribution in [0.1, 0.15) is 157 Å². The molecule has 18 nitrogen and oxygen atoms in total. The van der Waals surface area contributed by atoms with Crippen molar-refractivity contribution >= 4 is 35.8 Å². The Morgan fingerprint density at radius 3 is 0.500 bits per heavy atom. The van der Waals surface area contributed by atoms with Gasteiger partial charge in [-0.25, -0.2) is 0 Å². The van der Waals surface area contributed by atoms with Crippen molar-refractivity contribution in [2.24, 2.45) is 0 Å². The SMILES string of the molecule is CCCCOCCC(=O)Oc1c(OC(=O)CCOCCCC)c(OC(=O)CCOCCCC)c(OC(=O)CCOCCCC)c(OC(=O)CCOCCCC)c1OC(=O)CCOCCCC. The Hall–Kier alpha value is -4.20. The third-order valence-electron chi connectivity index (χ3n) is 9.09. The normalized spacial score (nSPS) is 11.0. The third kappa shape index (κ3) is 28.1. The summed E-state index contributed by atoms with van der Waals surface area (Å²) in [7, 11) is 0. The number of hydrogen-bond acceptors (Lipinski definition) is 18. The standard InChI is InChI=1S/C48H78O18/c1-7-13-25-55-31-19-37(49)61-43-44(62-38(50)20-32-56-26-14-8-2)46(64-40(52)22-34-58-28-16-10-4)48(66-42(54)24-36-60-30-18-12-6)47(65-41(53)23-35-59-29-17-11-5)45(43)63-39(51)21-33-57-27-15-9-3/h7-36H2,1-6H3. The minimum absolute atomic E-state index is 0.0803. The zero-order valence-electron chi connectivity index (χ0n) is 40.6. The Morgan fingerprint density at radius 2 is 0.379 bits per heavy atom. The fourth-order valence-corrected chi connectivity index (χ4v) is 5.19. The van der Waals surface area contributed by atoms with Crippen LogP contribution in [0.15, 0.2) is 0 Å². The van der Waals surface area contributed by atoms with E-state index >= 15 is 0 Å². The van der Waals surface area contributed by atoms with Gasteiger partial charge in [-0.3, -0.25) is 28.8 Å². The maximum Gasteiger partial charge on any atom is 0.313 e. The van der Waals surface area contributed by atoms with Crippen LogP contribution in [-0.4, -0.2) is 115 Å². The molecule has 0 aromatic heterocycles. The average Bonchev–Trinajstić information content (AvgIpc) is 3.29. The van der Waals surface area contributed by atoms with Crippen LogP contribution in [0, 0.1) is 0 Å². The molecule has 1 aromatic carbocycles. The molecule has 0 aliphatic carbocycles. The van der Waals surface area contributed by atoms with E-state index in [1.54, 1.807) is 0 Å². The summed E-state index contributed by atoms with van der Waals surface area (Å²) in [5.41, 5.74) is 0. The molecule has 18 heteroatoms. The molecule has 0 spiro atoms. The van der Waals surface area contributed by atoms with E-state index in [1.807, 2.05) is 41.5 Å². The van der Waals surface area contributed by atoms with Gasteiger partial charge in [0.2, 0.25) is 34.5 Å². The number of unbranched alkanes of at least 4 members (excludes halogenated alkanes) is 6. The van der Waals surface area contributed by atoms with Crippen molar-refractivity contribution in [3.63, 3.8) is 0 Å². The lowest BCUT2D eigenvalue weighted by molar-refractivity contribution is -0.141. The van der Waals surface area contributed by atoms with Crippen molar-refractivity contribution in [1.29, 1.82) is 0 Å². The first-order chi connectivity index (χ1) is 32.1. The van der Waals surface area contributed by atoms with Crippen LogP contribution in [0.5, 0.6) is 34.5 Å². The van der Waals surface area contributed by atoms with Gasteiger partial charge in [-0.05, 0) is 38.5 Å². The summed E-state index contributed by atoms with van der Waals surface area (Å²) in [6.45, 7) is 13.6. The summed E-state index contributed by atoms with van der Waals surface area (Å²) in [5, 5.41) is 0. The number of hydrogen-bond donors (Lipinski definition) is 0. The molecular formula is C48H78O18. The van der Waals surface area contributed by atoms with Crippen LogP contribution in [0.25, 0.3) is 0 Å². The summed E-state index contributed by atoms with van der Waals surface area (Å²) in [6.07, 6.45) is 7.47. The first-order valence-corrected chi connectivity index (χ1v) is 24.0. The third-order valence-corrected chi connectivity index (χ3v) is 9.09. The molecule has 378 valence electrons. The second-order valence-corrected chi connectivity index (χ2v) is 15.1. The van der Waals surface area contributed by atoms with Crippen LogP contribution in [0.2, 0.25) is 0 Å². The molecule has 0 aliphatic rings. The molecule has 66 heavy (non-hydrogen) atoms. The molecule has 0 N–H and O–H groups in total. The molecule has 0 fully saturated rings. The molecule has 0 bridgehead atoms. The van der Waals surface area contributed by atoms with Crippen LogP contribution in [0.4, 0.5) is 0 Å². The van der Waals surface area contributed by atoms with Gasteiger partial charge in [-0.15, -0.1) is 0 Å². The van der Waals surface area contributed by atoms with Crippen LogP contribution >= 0.6 is 0 Å². The van der Waals surface area contributed by atoms with Gasteiger partial charge in [0.25, 0.3) is 0 Å². The molecule has 1 aromatic rings. The second-order valence-electron chi connectivity index (χ2n) is 15.1. The van der Waals surface area contributed by atoms with Crippen molar-refractivity contribution in [2.75, 3.05) is 79.3 Å². The molecule has 0 radical (unpaired) electrons. The van der Waals surface area contributed by atoms with Gasteiger partial charge in [-0.1, -0.05) is 80.1 Å². The van der Waals surface area contributed by atoms with Gasteiger partial charge in [0.1, 0.15) is 0 Å². The molecular weight excluding hydrogens is 865 g/mol. The Labute approximate surface area is 391 Å². The van der Waals surface area contributed by atoms with Gasteiger partial charge in [0.15, 0.2) is 0 Å². The molecule has 1 rings (SSSR count). The molecule has 0 saturated heterocycles. The molecule has 0 aliphatic heterocycles. The summed E-state index contributed by atoms with van der Waals surface area (Å²) < 4.78 is 68.5. The zero-order chi connectivity index (χ0) is 48.6. The monoisotopic (exact) mass is 943 g/mol. The number of carbonyl (C=O) groups excluding carboxylic acids is 6. The minimum atomic E-state index is -0.968. The van der Waals surface area contributed by atoms with E-state index in [0.717, 1.165) is 77.0 Å². The maximum atomic E-state index is 13.7. The van der Waals surface area contributed by atoms with Crippen LogP contribution in [0.3, 0.4) is 0 Å². The Bertz CT molecular complexity index is 1220. The Kier molecular flexibility index (Phi) is 36.2. The van der Waals surface area contributed by atoms with E-state index < -0.39 is 70.3 Å². The summed E-state index contributed by atoms with van der Waals surface area (Å²) in [5.74, 6) is -10.6. The van der Waals surface area contributed by atoms with Crippen molar-refractivity contribution in [3.05, 3.63) is 0 Å². The Balaban J connectivity index is 4.24. The highest BCUT2D eigenvalue weighted by Crippen LogP contribution is 2.59. The largest absolute Gasteiger partial charge is 0.418 e. The van der Waals surface area contributed by atoms with Crippen LogP contribution < -0.4 is 28.4 Å². The fraction of sp³-hybridized carbons (Fsp3) is 0.750. The van der Waals surface area contributed by atoms with Crippen molar-refractivity contribution < 1.29 is 85.6 Å². The minimum Gasteiger partial charge on any atom is -0.418 e. The van der Waals surface area contributed by atoms with Crippen molar-refractivity contribution in [1.82, 2.24) is 0 Å². The molecule has 0 unspecified atom stereocenters. The van der Waals surface area contributed by atoms with E-state index in [9.17, 15) is 28.8 Å². The molecule has 0 atom stereocenters. The second kappa shape index (κ2) is 39.9. The summed E-state index contributed by atoms with van der Waals surface area (Å²) >= 11 is 0. The molecule has 0 amide bonds. The number of rotatable bonds is 42. The lowest BCUT2D eigenvalue weighted by Gasteiger charge is -2.23. The lowest BCUT2D eigenvalue weighted by atomic mass is 10.2. The quantitative estimate of drug-likeness (QED) is 0.0342. The van der Waals surface area contributed by atoms with Gasteiger partial charge >= 0.3 is 35.8 Å². The van der Waals surface area contributed by atoms with Crippen LogP contribution in [-0.2, 0) is 57.2 Å². The summed E-state index contributed by atoms with van der Waals surface area (Å²) in [6, 6.07) is 0. The number of ether oxygens (including phenoxy) is 12. The van der Waals surface area contributed by atoms with Gasteiger partial charge in [-0.2, -0.15) is 0 Å². The lowest BCUT2D eigenvalue weighted by Crippen LogP contribution is -2.22. The predicted octanol–water partition coefficient (Wildman–Crippen LogP) is 8.36. The van der Waals surface area contributed by atoms with Crippen molar-refractivity contribution in [3.8, 4) is 34.5 Å². The van der Waals surface area contributed by atoms with E-state index in [-0.39, 0.29) is 78.2 Å². The van der Waals surface area contributed by atoms with E-state index in [4.69, 9.17) is 56.8 Å². The molecule has 0 heterocycles. The topological polar surface area (TPSA) is 213 Å². The average molecular weight is 943 g/mol. The van der Waals surface area contributed by atoms with Gasteiger partial charge in [0.05, 0.1) is 78.2 Å². The number of carbonyl (C=O) groups is 6. The smallest absolute Gasteiger partial charge is 0.313 e. The van der Waals surface area contributed by atoms with E-state index in [0.29, 0.717) is 39.6 Å². The highest BCUT2D eigenvalue weighted by Gasteiger charge is 2.38. The number of esters is 6. The Morgan fingerprint density at radius 1 is 0.242 bits per heavy atom. The highest BCUT2D eigenvalue weighted by atomic mass is 16.6. The fourth-order valence-electron chi connectivity index (χ4n) is 5.19. The van der Waals surface area contributed by atoms with Gasteiger partial charge in [0, 0.05) is 39.6 Å². The first-order valence-electron chi connectivity index (χ1n) is 24.0. The highest BCUT2D eigenvalue weighted by molar-refractivity contribution is 5.90.